The maximum absolute atomic E-state index is 11.6. The Morgan fingerprint density at radius 2 is 1.88 bits per heavy atom. The Morgan fingerprint density at radius 3 is 2.18 bits per heavy atom. The highest BCUT2D eigenvalue weighted by atomic mass is 79.9. The molecule has 0 radical (unpaired) electrons. The molecule has 0 fully saturated rings. The first-order chi connectivity index (χ1) is 7.67. The average Bonchev–Trinajstić information content (AvgIpc) is 2.13. The lowest BCUT2D eigenvalue weighted by atomic mass is 9.93. The van der Waals surface area contributed by atoms with Crippen molar-refractivity contribution in [2.24, 2.45) is 0 Å². The quantitative estimate of drug-likeness (QED) is 0.765. The number of nitrogens with one attached hydrogen (secondary N) is 1. The molecule has 0 aromatic heterocycles. The van der Waals surface area contributed by atoms with E-state index in [9.17, 15) is 14.7 Å². The predicted molar refractivity (Wildman–Crippen MR) is 68.4 cm³/mol. The zero-order valence-corrected chi connectivity index (χ0v) is 12.3. The van der Waals surface area contributed by atoms with E-state index in [1.807, 2.05) is 0 Å². The minimum atomic E-state index is -1.27. The Hall–Kier alpha value is -0.780. The molecule has 0 aromatic carbocycles. The monoisotopic (exact) mass is 309 g/mol. The second-order valence-electron chi connectivity index (χ2n) is 4.81. The summed E-state index contributed by atoms with van der Waals surface area (Å²) in [6.07, 6.45) is -0.103. The summed E-state index contributed by atoms with van der Waals surface area (Å²) in [5.74, 6) is -1.05. The van der Waals surface area contributed by atoms with Gasteiger partial charge in [0.15, 0.2) is 0 Å². The molecule has 0 aliphatic heterocycles. The Balaban J connectivity index is 4.75. The maximum atomic E-state index is 11.6. The van der Waals surface area contributed by atoms with E-state index in [-0.39, 0.29) is 0 Å². The van der Waals surface area contributed by atoms with Crippen molar-refractivity contribution in [1.29, 1.82) is 0 Å². The number of rotatable bonds is 5. The molecule has 17 heavy (non-hydrogen) atoms. The molecular formula is C11H20BrNO4. The third-order valence-electron chi connectivity index (χ3n) is 2.27. The molecule has 6 heteroatoms. The summed E-state index contributed by atoms with van der Waals surface area (Å²) in [5, 5.41) is 12.1. The van der Waals surface area contributed by atoms with Crippen molar-refractivity contribution in [3.05, 3.63) is 0 Å². The number of ether oxygens (including phenoxy) is 1. The van der Waals surface area contributed by atoms with Crippen LogP contribution in [-0.4, -0.2) is 33.6 Å². The molecule has 1 amide bonds. The number of carbonyl (C=O) groups excluding carboxylic acids is 1. The highest BCUT2D eigenvalue weighted by Gasteiger charge is 2.38. The predicted octanol–water partition coefficient (Wildman–Crippen LogP) is 2.53. The number of alkyl carbamates (subject to hydrolysis) is 1. The first-order valence-electron chi connectivity index (χ1n) is 5.47. The van der Waals surface area contributed by atoms with E-state index in [0.717, 1.165) is 0 Å². The maximum Gasteiger partial charge on any atom is 0.408 e. The van der Waals surface area contributed by atoms with Gasteiger partial charge in [-0.15, -0.1) is 0 Å². The molecular weight excluding hydrogens is 290 g/mol. The lowest BCUT2D eigenvalue weighted by Crippen LogP contribution is -2.55. The number of hydrogen-bond acceptors (Lipinski definition) is 3. The van der Waals surface area contributed by atoms with Gasteiger partial charge in [-0.1, -0.05) is 22.9 Å². The molecule has 0 unspecified atom stereocenters. The first kappa shape index (κ1) is 16.2. The Labute approximate surface area is 110 Å². The largest absolute Gasteiger partial charge is 0.480 e. The third-order valence-corrected chi connectivity index (χ3v) is 2.67. The van der Waals surface area contributed by atoms with E-state index < -0.39 is 23.2 Å². The minimum absolute atomic E-state index is 0.299. The van der Waals surface area contributed by atoms with E-state index in [1.54, 1.807) is 27.7 Å². The fraction of sp³-hybridized carbons (Fsp3) is 0.818. The number of hydrogen-bond donors (Lipinski definition) is 2. The van der Waals surface area contributed by atoms with Gasteiger partial charge in [-0.05, 0) is 33.6 Å². The Bertz CT molecular complexity index is 288. The molecule has 5 nitrogen and oxygen atoms in total. The molecule has 0 spiro atoms. The van der Waals surface area contributed by atoms with Crippen LogP contribution in [0, 0.1) is 0 Å². The van der Waals surface area contributed by atoms with Crippen LogP contribution in [0.15, 0.2) is 0 Å². The van der Waals surface area contributed by atoms with Gasteiger partial charge in [-0.25, -0.2) is 9.59 Å². The van der Waals surface area contributed by atoms with Crippen LogP contribution in [0.2, 0.25) is 0 Å². The fourth-order valence-corrected chi connectivity index (χ4v) is 1.98. The van der Waals surface area contributed by atoms with Gasteiger partial charge in [-0.2, -0.15) is 0 Å². The van der Waals surface area contributed by atoms with E-state index in [0.29, 0.717) is 18.2 Å². The minimum Gasteiger partial charge on any atom is -0.480 e. The Morgan fingerprint density at radius 1 is 1.35 bits per heavy atom. The number of carboxylic acid groups (broad SMARTS) is 1. The van der Waals surface area contributed by atoms with Gasteiger partial charge in [0.25, 0.3) is 0 Å². The summed E-state index contributed by atoms with van der Waals surface area (Å²) in [7, 11) is 0. The normalized spacial score (nSPS) is 14.9. The summed E-state index contributed by atoms with van der Waals surface area (Å²) < 4.78 is 5.06. The van der Waals surface area contributed by atoms with Crippen molar-refractivity contribution >= 4 is 28.0 Å². The third kappa shape index (κ3) is 5.39. The zero-order valence-electron chi connectivity index (χ0n) is 10.7. The van der Waals surface area contributed by atoms with E-state index in [1.165, 1.54) is 0 Å². The van der Waals surface area contributed by atoms with Gasteiger partial charge in [0.05, 0.1) is 0 Å². The average molecular weight is 310 g/mol. The zero-order chi connectivity index (χ0) is 13.7. The van der Waals surface area contributed by atoms with Crippen molar-refractivity contribution in [2.45, 2.75) is 51.7 Å². The topological polar surface area (TPSA) is 75.6 Å². The van der Waals surface area contributed by atoms with Gasteiger partial charge in [0.1, 0.15) is 11.1 Å². The molecule has 0 heterocycles. The van der Waals surface area contributed by atoms with Gasteiger partial charge in [0.2, 0.25) is 0 Å². The highest BCUT2D eigenvalue weighted by molar-refractivity contribution is 9.09. The summed E-state index contributed by atoms with van der Waals surface area (Å²) in [6, 6.07) is 0. The van der Waals surface area contributed by atoms with Gasteiger partial charge < -0.3 is 15.2 Å². The van der Waals surface area contributed by atoms with Gasteiger partial charge in [0, 0.05) is 5.33 Å². The van der Waals surface area contributed by atoms with Crippen LogP contribution in [0.1, 0.15) is 40.5 Å². The molecule has 1 atom stereocenters. The second-order valence-corrected chi connectivity index (χ2v) is 5.60. The highest BCUT2D eigenvalue weighted by Crippen LogP contribution is 2.18. The van der Waals surface area contributed by atoms with E-state index in [2.05, 4.69) is 21.2 Å². The molecule has 0 rings (SSSR count). The number of alkyl halides is 1. The molecule has 2 N–H and O–H groups in total. The van der Waals surface area contributed by atoms with E-state index in [4.69, 9.17) is 4.74 Å². The summed E-state index contributed by atoms with van der Waals surface area (Å²) in [5.41, 5.74) is -1.91. The lowest BCUT2D eigenvalue weighted by Gasteiger charge is -2.30. The first-order valence-corrected chi connectivity index (χ1v) is 6.59. The van der Waals surface area contributed by atoms with Crippen molar-refractivity contribution < 1.29 is 19.4 Å². The van der Waals surface area contributed by atoms with Crippen LogP contribution in [0.3, 0.4) is 0 Å². The number of amides is 1. The standard InChI is InChI=1S/C11H20BrNO4/c1-5-11(6-7-12,8(14)15)13-9(16)17-10(2,3)4/h5-7H2,1-4H3,(H,13,16)(H,14,15)/t11-/m0/s1. The fourth-order valence-electron chi connectivity index (χ4n) is 1.30. The van der Waals surface area contributed by atoms with Crippen LogP contribution >= 0.6 is 15.9 Å². The van der Waals surface area contributed by atoms with Crippen LogP contribution in [0.5, 0.6) is 0 Å². The molecule has 0 bridgehead atoms. The molecule has 0 aliphatic rings. The second kappa shape index (κ2) is 6.23. The van der Waals surface area contributed by atoms with Crippen molar-refractivity contribution in [3.8, 4) is 0 Å². The van der Waals surface area contributed by atoms with Gasteiger partial charge >= 0.3 is 12.1 Å². The van der Waals surface area contributed by atoms with Crippen LogP contribution < -0.4 is 5.32 Å². The summed E-state index contributed by atoms with van der Waals surface area (Å²) in [4.78, 5) is 22.9. The number of aliphatic carboxylic acids is 1. The van der Waals surface area contributed by atoms with Crippen molar-refractivity contribution in [1.82, 2.24) is 5.32 Å². The van der Waals surface area contributed by atoms with Crippen LogP contribution in [0.4, 0.5) is 4.79 Å². The summed E-state index contributed by atoms with van der Waals surface area (Å²) in [6.45, 7) is 6.90. The Kier molecular flexibility index (Phi) is 5.95. The molecule has 0 aromatic rings. The van der Waals surface area contributed by atoms with E-state index >= 15 is 0 Å². The van der Waals surface area contributed by atoms with Crippen LogP contribution in [-0.2, 0) is 9.53 Å². The van der Waals surface area contributed by atoms with Crippen LogP contribution in [0.25, 0.3) is 0 Å². The molecule has 0 aliphatic carbocycles. The smallest absolute Gasteiger partial charge is 0.408 e. The molecule has 0 saturated carbocycles. The number of halogens is 1. The summed E-state index contributed by atoms with van der Waals surface area (Å²) >= 11 is 3.19. The number of carbonyl (C=O) groups is 2. The van der Waals surface area contributed by atoms with Gasteiger partial charge in [-0.3, -0.25) is 0 Å². The van der Waals surface area contributed by atoms with Crippen molar-refractivity contribution in [2.75, 3.05) is 5.33 Å². The lowest BCUT2D eigenvalue weighted by molar-refractivity contribution is -0.145. The number of carboxylic acids is 1. The van der Waals surface area contributed by atoms with Crippen molar-refractivity contribution in [3.63, 3.8) is 0 Å². The molecule has 100 valence electrons. The SMILES string of the molecule is CC[C@@](CCBr)(NC(=O)OC(C)(C)C)C(=O)O. The molecule has 0 saturated heterocycles.